The molecule has 0 saturated carbocycles. The number of carbonyl (C=O) groups excluding carboxylic acids is 2. The zero-order valence-corrected chi connectivity index (χ0v) is 18.1. The van der Waals surface area contributed by atoms with E-state index >= 15 is 0 Å². The van der Waals surface area contributed by atoms with Gasteiger partial charge in [0.15, 0.2) is 0 Å². The molecule has 152 valence electrons. The lowest BCUT2D eigenvalue weighted by molar-refractivity contribution is -0.151. The molecule has 1 rings (SSSR count). The van der Waals surface area contributed by atoms with Crippen LogP contribution in [0.1, 0.15) is 92.9 Å². The molecular weight excluding hydrogens is 324 g/mol. The molecule has 0 aromatic carbocycles. The molecule has 0 radical (unpaired) electrons. The van der Waals surface area contributed by atoms with Gasteiger partial charge < -0.3 is 9.80 Å². The van der Waals surface area contributed by atoms with Gasteiger partial charge >= 0.3 is 0 Å². The average Bonchev–Trinajstić information content (AvgIpc) is 2.64. The van der Waals surface area contributed by atoms with Crippen LogP contribution in [0.15, 0.2) is 0 Å². The Hall–Kier alpha value is -1.06. The Bertz CT molecular complexity index is 398. The lowest BCUT2D eigenvalue weighted by Gasteiger charge is -2.46. The highest BCUT2D eigenvalue weighted by Crippen LogP contribution is 2.25. The van der Waals surface area contributed by atoms with Crippen molar-refractivity contribution in [3.63, 3.8) is 0 Å². The van der Waals surface area contributed by atoms with Crippen molar-refractivity contribution in [3.05, 3.63) is 0 Å². The Morgan fingerprint density at radius 2 is 1.12 bits per heavy atom. The fourth-order valence-electron chi connectivity index (χ4n) is 4.12. The van der Waals surface area contributed by atoms with Gasteiger partial charge in [-0.2, -0.15) is 0 Å². The van der Waals surface area contributed by atoms with Crippen LogP contribution < -0.4 is 0 Å². The highest BCUT2D eigenvalue weighted by atomic mass is 16.2. The lowest BCUT2D eigenvalue weighted by atomic mass is 9.94. The fourth-order valence-corrected chi connectivity index (χ4v) is 4.12. The van der Waals surface area contributed by atoms with Crippen LogP contribution in [0.4, 0.5) is 0 Å². The van der Waals surface area contributed by atoms with Crippen LogP contribution in [0.25, 0.3) is 0 Å². The van der Waals surface area contributed by atoms with Gasteiger partial charge in [0.05, 0.1) is 0 Å². The van der Waals surface area contributed by atoms with Crippen LogP contribution in [-0.2, 0) is 9.59 Å². The molecule has 0 aromatic heterocycles. The first-order chi connectivity index (χ1) is 12.4. The highest BCUT2D eigenvalue weighted by Gasteiger charge is 2.37. The van der Waals surface area contributed by atoms with Gasteiger partial charge in [-0.1, -0.05) is 53.4 Å². The molecule has 1 aliphatic rings. The third-order valence-corrected chi connectivity index (χ3v) is 6.05. The number of amides is 2. The van der Waals surface area contributed by atoms with E-state index in [1.165, 1.54) is 0 Å². The molecule has 4 nitrogen and oxygen atoms in total. The first-order valence-corrected chi connectivity index (χ1v) is 11.0. The van der Waals surface area contributed by atoms with E-state index in [0.717, 1.165) is 51.4 Å². The zero-order chi connectivity index (χ0) is 19.7. The molecule has 4 heteroatoms. The summed E-state index contributed by atoms with van der Waals surface area (Å²) in [5, 5.41) is 0. The quantitative estimate of drug-likeness (QED) is 0.553. The first-order valence-electron chi connectivity index (χ1n) is 11.0. The Balaban J connectivity index is 2.76. The number of rotatable bonds is 10. The van der Waals surface area contributed by atoms with Crippen LogP contribution in [0.3, 0.4) is 0 Å². The molecule has 4 atom stereocenters. The van der Waals surface area contributed by atoms with E-state index < -0.39 is 0 Å². The monoisotopic (exact) mass is 366 g/mol. The summed E-state index contributed by atoms with van der Waals surface area (Å²) in [6.45, 7) is 14.1. The van der Waals surface area contributed by atoms with E-state index in [-0.39, 0.29) is 23.9 Å². The molecule has 0 bridgehead atoms. The van der Waals surface area contributed by atoms with Crippen molar-refractivity contribution in [2.45, 2.75) is 105 Å². The van der Waals surface area contributed by atoms with Crippen LogP contribution in [-0.4, -0.2) is 46.8 Å². The molecule has 0 aromatic rings. The molecule has 0 unspecified atom stereocenters. The molecule has 1 saturated heterocycles. The van der Waals surface area contributed by atoms with Gasteiger partial charge in [0.2, 0.25) is 11.8 Å². The van der Waals surface area contributed by atoms with Crippen LogP contribution in [0.2, 0.25) is 0 Å². The maximum Gasteiger partial charge on any atom is 0.226 e. The second-order valence-electron chi connectivity index (χ2n) is 8.17. The summed E-state index contributed by atoms with van der Waals surface area (Å²) < 4.78 is 0. The summed E-state index contributed by atoms with van der Waals surface area (Å²) >= 11 is 0. The van der Waals surface area contributed by atoms with Gasteiger partial charge in [-0.25, -0.2) is 0 Å². The van der Waals surface area contributed by atoms with Crippen molar-refractivity contribution in [1.82, 2.24) is 9.80 Å². The maximum atomic E-state index is 13.0. The van der Waals surface area contributed by atoms with Gasteiger partial charge in [-0.3, -0.25) is 9.59 Å². The van der Waals surface area contributed by atoms with Crippen molar-refractivity contribution in [1.29, 1.82) is 0 Å². The van der Waals surface area contributed by atoms with Gasteiger partial charge in [0, 0.05) is 37.0 Å². The summed E-state index contributed by atoms with van der Waals surface area (Å²) in [6.07, 6.45) is 8.29. The Kier molecular flexibility index (Phi) is 10.3. The maximum absolute atomic E-state index is 13.0. The van der Waals surface area contributed by atoms with E-state index in [9.17, 15) is 9.59 Å². The second kappa shape index (κ2) is 11.6. The molecule has 0 aliphatic carbocycles. The third kappa shape index (κ3) is 5.99. The summed E-state index contributed by atoms with van der Waals surface area (Å²) in [5.74, 6) is 0.871. The highest BCUT2D eigenvalue weighted by molar-refractivity contribution is 5.81. The minimum absolute atomic E-state index is 0.113. The largest absolute Gasteiger partial charge is 0.336 e. The van der Waals surface area contributed by atoms with E-state index in [0.29, 0.717) is 24.9 Å². The molecule has 1 fully saturated rings. The summed E-state index contributed by atoms with van der Waals surface area (Å²) in [4.78, 5) is 30.1. The predicted octanol–water partition coefficient (Wildman–Crippen LogP) is 4.87. The van der Waals surface area contributed by atoms with E-state index in [1.54, 1.807) is 0 Å². The van der Waals surface area contributed by atoms with Crippen molar-refractivity contribution in [2.75, 3.05) is 13.1 Å². The van der Waals surface area contributed by atoms with Gasteiger partial charge in [-0.15, -0.1) is 0 Å². The predicted molar refractivity (Wildman–Crippen MR) is 109 cm³/mol. The second-order valence-corrected chi connectivity index (χ2v) is 8.17. The number of nitrogens with zero attached hydrogens (tertiary/aromatic N) is 2. The SMILES string of the molecule is CCCC[C@@H](CC)C(=O)N1C[C@H](C)N(C(=O)[C@@H](CC)CCCC)C[C@H]1C. The molecule has 0 N–H and O–H groups in total. The summed E-state index contributed by atoms with van der Waals surface area (Å²) in [6, 6.07) is 0.226. The number of piperazine rings is 1. The Morgan fingerprint density at radius 3 is 1.38 bits per heavy atom. The molecule has 2 amide bonds. The van der Waals surface area contributed by atoms with Crippen molar-refractivity contribution in [3.8, 4) is 0 Å². The molecule has 1 aliphatic heterocycles. The van der Waals surface area contributed by atoms with Gasteiger partial charge in [0.25, 0.3) is 0 Å². The summed E-state index contributed by atoms with van der Waals surface area (Å²) in [5.41, 5.74) is 0. The molecule has 0 spiro atoms. The Labute approximate surface area is 161 Å². The smallest absolute Gasteiger partial charge is 0.226 e. The number of unbranched alkanes of at least 4 members (excludes halogenated alkanes) is 2. The normalized spacial score (nSPS) is 23.0. The van der Waals surface area contributed by atoms with Crippen LogP contribution in [0, 0.1) is 11.8 Å². The minimum atomic E-state index is 0.113. The van der Waals surface area contributed by atoms with E-state index in [4.69, 9.17) is 0 Å². The van der Waals surface area contributed by atoms with Gasteiger partial charge in [0.1, 0.15) is 0 Å². The van der Waals surface area contributed by atoms with Crippen LogP contribution in [0.5, 0.6) is 0 Å². The van der Waals surface area contributed by atoms with Crippen molar-refractivity contribution >= 4 is 11.8 Å². The average molecular weight is 367 g/mol. The number of carbonyl (C=O) groups is 2. The lowest BCUT2D eigenvalue weighted by Crippen LogP contribution is -2.61. The number of hydrogen-bond donors (Lipinski definition) is 0. The van der Waals surface area contributed by atoms with Crippen LogP contribution >= 0.6 is 0 Å². The fraction of sp³-hybridized carbons (Fsp3) is 0.909. The van der Waals surface area contributed by atoms with Crippen molar-refractivity contribution < 1.29 is 9.59 Å². The minimum Gasteiger partial charge on any atom is -0.336 e. The standard InChI is InChI=1S/C22H42N2O2/c1-7-11-13-19(9-3)21(25)23-15-18(6)24(16-17(23)5)22(26)20(10-4)14-12-8-2/h17-20H,7-16H2,1-6H3/t17-,18+,19-,20+. The molecule has 26 heavy (non-hydrogen) atoms. The molecular formula is C22H42N2O2. The third-order valence-electron chi connectivity index (χ3n) is 6.05. The molecule has 1 heterocycles. The topological polar surface area (TPSA) is 40.6 Å². The Morgan fingerprint density at radius 1 is 0.769 bits per heavy atom. The van der Waals surface area contributed by atoms with Gasteiger partial charge in [-0.05, 0) is 39.5 Å². The zero-order valence-electron chi connectivity index (χ0n) is 18.1. The van der Waals surface area contributed by atoms with Crippen molar-refractivity contribution in [2.24, 2.45) is 11.8 Å². The van der Waals surface area contributed by atoms with E-state index in [2.05, 4.69) is 41.5 Å². The number of hydrogen-bond acceptors (Lipinski definition) is 2. The van der Waals surface area contributed by atoms with E-state index in [1.807, 2.05) is 9.80 Å². The summed E-state index contributed by atoms with van der Waals surface area (Å²) in [7, 11) is 0. The first kappa shape index (κ1) is 23.0.